The molecule has 1 heterocycles. The number of nitrogens with two attached hydrogens (primary N) is 1. The van der Waals surface area contributed by atoms with Crippen molar-refractivity contribution < 1.29 is 4.79 Å². The molecule has 4 N–H and O–H groups in total. The maximum atomic E-state index is 11.7. The first kappa shape index (κ1) is 21.1. The van der Waals surface area contributed by atoms with Gasteiger partial charge in [0.1, 0.15) is 5.69 Å². The lowest BCUT2D eigenvalue weighted by Gasteiger charge is -2.11. The van der Waals surface area contributed by atoms with E-state index in [2.05, 4.69) is 26.2 Å². The Morgan fingerprint density at radius 1 is 1.58 bits per heavy atom. The van der Waals surface area contributed by atoms with Gasteiger partial charge in [0.25, 0.3) is 5.56 Å². The van der Waals surface area contributed by atoms with Crippen LogP contribution in [0.15, 0.2) is 21.5 Å². The summed E-state index contributed by atoms with van der Waals surface area (Å²) in [6, 6.07) is 0.943. The number of carbonyl (C=O) groups excluding carboxylic acids is 1. The maximum Gasteiger partial charge on any atom is 0.271 e. The average molecular weight is 393 g/mol. The van der Waals surface area contributed by atoms with Crippen LogP contribution in [0.3, 0.4) is 0 Å². The minimum Gasteiger partial charge on any atom is -0.326 e. The Hall–Kier alpha value is -0.210. The zero-order valence-corrected chi connectivity index (χ0v) is 14.2. The van der Waals surface area contributed by atoms with Crippen LogP contribution in [0.25, 0.3) is 0 Å². The van der Waals surface area contributed by atoms with Gasteiger partial charge in [-0.05, 0) is 40.4 Å². The van der Waals surface area contributed by atoms with Crippen LogP contribution in [0.4, 0.5) is 5.69 Å². The monoisotopic (exact) mass is 391 g/mol. The summed E-state index contributed by atoms with van der Waals surface area (Å²) in [5.74, 6) is 0.464. The topological polar surface area (TPSA) is 88.0 Å². The highest BCUT2D eigenvalue weighted by Crippen LogP contribution is 2.10. The van der Waals surface area contributed by atoms with Crippen molar-refractivity contribution in [2.75, 3.05) is 17.3 Å². The fourth-order valence-electron chi connectivity index (χ4n) is 1.15. The average Bonchev–Trinajstić information content (AvgIpc) is 2.30. The predicted molar refractivity (Wildman–Crippen MR) is 88.9 cm³/mol. The van der Waals surface area contributed by atoms with Crippen molar-refractivity contribution in [2.45, 2.75) is 12.5 Å². The van der Waals surface area contributed by atoms with E-state index >= 15 is 0 Å². The molecule has 0 saturated heterocycles. The van der Waals surface area contributed by atoms with Crippen molar-refractivity contribution >= 4 is 64.1 Å². The Labute approximate surface area is 136 Å². The molecule has 0 aliphatic rings. The van der Waals surface area contributed by atoms with Crippen molar-refractivity contribution in [3.8, 4) is 0 Å². The molecule has 1 rings (SSSR count). The normalized spacial score (nSPS) is 10.9. The number of halogens is 3. The highest BCUT2D eigenvalue weighted by Gasteiger charge is 2.14. The number of pyridine rings is 1. The van der Waals surface area contributed by atoms with E-state index in [1.54, 1.807) is 11.8 Å². The van der Waals surface area contributed by atoms with Gasteiger partial charge < -0.3 is 16.0 Å². The van der Waals surface area contributed by atoms with Crippen LogP contribution in [0.2, 0.25) is 0 Å². The zero-order chi connectivity index (χ0) is 12.8. The van der Waals surface area contributed by atoms with E-state index < -0.39 is 6.04 Å². The Morgan fingerprint density at radius 2 is 2.21 bits per heavy atom. The Balaban J connectivity index is 0. The van der Waals surface area contributed by atoms with E-state index in [0.717, 1.165) is 5.75 Å². The molecule has 19 heavy (non-hydrogen) atoms. The summed E-state index contributed by atoms with van der Waals surface area (Å²) < 4.78 is 0.685. The smallest absolute Gasteiger partial charge is 0.271 e. The van der Waals surface area contributed by atoms with E-state index in [1.807, 2.05) is 6.26 Å². The second-order valence-electron chi connectivity index (χ2n) is 3.44. The van der Waals surface area contributed by atoms with Crippen LogP contribution in [-0.4, -0.2) is 28.9 Å². The molecule has 1 aromatic rings. The van der Waals surface area contributed by atoms with Gasteiger partial charge in [0.15, 0.2) is 0 Å². The van der Waals surface area contributed by atoms with Crippen LogP contribution in [0.1, 0.15) is 6.42 Å². The molecule has 9 heteroatoms. The molecular formula is C10H16BrCl2N3O2S. The molecule has 5 nitrogen and oxygen atoms in total. The number of aromatic amines is 1. The van der Waals surface area contributed by atoms with Crippen molar-refractivity contribution in [2.24, 2.45) is 5.73 Å². The molecule has 0 aliphatic heterocycles. The van der Waals surface area contributed by atoms with Gasteiger partial charge in [-0.1, -0.05) is 0 Å². The molecular weight excluding hydrogens is 377 g/mol. The Morgan fingerprint density at radius 3 is 2.79 bits per heavy atom. The molecule has 1 amide bonds. The molecule has 0 bridgehead atoms. The van der Waals surface area contributed by atoms with E-state index in [9.17, 15) is 9.59 Å². The quantitative estimate of drug-likeness (QED) is 0.714. The molecule has 0 aromatic carbocycles. The highest BCUT2D eigenvalue weighted by atomic mass is 79.9. The summed E-state index contributed by atoms with van der Waals surface area (Å²) in [4.78, 5) is 25.6. The van der Waals surface area contributed by atoms with Crippen molar-refractivity contribution in [3.05, 3.63) is 27.1 Å². The number of thioether (sulfide) groups is 1. The third-order valence-corrected chi connectivity index (χ3v) is 3.20. The van der Waals surface area contributed by atoms with Crippen molar-refractivity contribution in [1.82, 2.24) is 4.98 Å². The van der Waals surface area contributed by atoms with Gasteiger partial charge in [-0.25, -0.2) is 0 Å². The first-order valence-corrected chi connectivity index (χ1v) is 7.17. The minimum absolute atomic E-state index is 0. The third-order valence-electron chi connectivity index (χ3n) is 2.10. The lowest BCUT2D eigenvalue weighted by atomic mass is 10.2. The van der Waals surface area contributed by atoms with Crippen LogP contribution in [-0.2, 0) is 4.79 Å². The van der Waals surface area contributed by atoms with E-state index in [0.29, 0.717) is 10.9 Å². The molecule has 0 aliphatic carbocycles. The number of rotatable bonds is 5. The Kier molecular flexibility index (Phi) is 11.7. The molecule has 0 unspecified atom stereocenters. The summed E-state index contributed by atoms with van der Waals surface area (Å²) >= 11 is 4.83. The number of aromatic nitrogens is 1. The summed E-state index contributed by atoms with van der Waals surface area (Å²) in [6.45, 7) is 0. The molecule has 1 aromatic heterocycles. The van der Waals surface area contributed by atoms with E-state index in [4.69, 9.17) is 5.73 Å². The third kappa shape index (κ3) is 7.22. The largest absolute Gasteiger partial charge is 0.326 e. The SMILES string of the molecule is CSCC[C@H](N)C(=O)Nc1cc(Br)c[nH]c1=O.Cl.Cl. The summed E-state index contributed by atoms with van der Waals surface area (Å²) in [7, 11) is 0. The number of carbonyl (C=O) groups is 1. The molecule has 1 atom stereocenters. The Bertz CT molecular complexity index is 459. The first-order chi connectivity index (χ1) is 8.04. The van der Waals surface area contributed by atoms with E-state index in [-0.39, 0.29) is 42.0 Å². The van der Waals surface area contributed by atoms with Crippen LogP contribution < -0.4 is 16.6 Å². The van der Waals surface area contributed by atoms with Crippen molar-refractivity contribution in [1.29, 1.82) is 0 Å². The fraction of sp³-hybridized carbons (Fsp3) is 0.400. The lowest BCUT2D eigenvalue weighted by Crippen LogP contribution is -2.37. The zero-order valence-electron chi connectivity index (χ0n) is 10.1. The van der Waals surface area contributed by atoms with Gasteiger partial charge in [0.2, 0.25) is 5.91 Å². The van der Waals surface area contributed by atoms with Gasteiger partial charge in [-0.15, -0.1) is 24.8 Å². The summed E-state index contributed by atoms with van der Waals surface area (Å²) in [6.07, 6.45) is 4.04. The van der Waals surface area contributed by atoms with Gasteiger partial charge in [-0.3, -0.25) is 9.59 Å². The predicted octanol–water partition coefficient (Wildman–Crippen LogP) is 2.00. The number of H-pyrrole nitrogens is 1. The van der Waals surface area contributed by atoms with Crippen LogP contribution >= 0.6 is 52.5 Å². The minimum atomic E-state index is -0.596. The number of amides is 1. The summed E-state index contributed by atoms with van der Waals surface area (Å²) in [5, 5.41) is 2.51. The molecule has 110 valence electrons. The molecule has 0 spiro atoms. The highest BCUT2D eigenvalue weighted by molar-refractivity contribution is 9.10. The molecule has 0 fully saturated rings. The number of hydrogen-bond acceptors (Lipinski definition) is 4. The van der Waals surface area contributed by atoms with Gasteiger partial charge in [0.05, 0.1) is 6.04 Å². The lowest BCUT2D eigenvalue weighted by molar-refractivity contribution is -0.117. The van der Waals surface area contributed by atoms with Crippen LogP contribution in [0, 0.1) is 0 Å². The first-order valence-electron chi connectivity index (χ1n) is 4.98. The maximum absolute atomic E-state index is 11.7. The molecule has 0 radical (unpaired) electrons. The summed E-state index contributed by atoms with van der Waals surface area (Å²) in [5.41, 5.74) is 5.54. The van der Waals surface area contributed by atoms with E-state index in [1.165, 1.54) is 12.3 Å². The van der Waals surface area contributed by atoms with Gasteiger partial charge >= 0.3 is 0 Å². The number of anilines is 1. The number of nitrogens with one attached hydrogen (secondary N) is 2. The second-order valence-corrected chi connectivity index (χ2v) is 5.34. The van der Waals surface area contributed by atoms with Gasteiger partial charge in [-0.2, -0.15) is 11.8 Å². The second kappa shape index (κ2) is 10.6. The number of hydrogen-bond donors (Lipinski definition) is 3. The standard InChI is InChI=1S/C10H14BrN3O2S.2ClH/c1-17-3-2-7(12)9(15)14-8-4-6(11)5-13-10(8)16;;/h4-5,7H,2-3,12H2,1H3,(H,13,16)(H,14,15);2*1H/t7-;;/m0../s1. The van der Waals surface area contributed by atoms with Crippen LogP contribution in [0.5, 0.6) is 0 Å². The van der Waals surface area contributed by atoms with Gasteiger partial charge in [0, 0.05) is 10.7 Å². The fourth-order valence-corrected chi connectivity index (χ4v) is 1.98. The van der Waals surface area contributed by atoms with Crippen molar-refractivity contribution in [3.63, 3.8) is 0 Å². The molecule has 0 saturated carbocycles.